The standard InChI is InChI=1S/C32H23N/c1-22-21-33-32(20-30(22)23-9-3-2-4-10-23)25-17-15-24(16-18-25)31-19-26-11-5-6-12-27(26)28-13-7-8-14-29(28)31/h2-21H,1H3. The van der Waals surface area contributed by atoms with Crippen molar-refractivity contribution in [3.05, 3.63) is 127 Å². The van der Waals surface area contributed by atoms with Crippen molar-refractivity contribution in [2.45, 2.75) is 6.92 Å². The molecule has 0 aliphatic heterocycles. The van der Waals surface area contributed by atoms with Gasteiger partial charge in [0, 0.05) is 11.8 Å². The highest BCUT2D eigenvalue weighted by Crippen LogP contribution is 2.36. The van der Waals surface area contributed by atoms with Crippen molar-refractivity contribution in [1.29, 1.82) is 0 Å². The number of aryl methyl sites for hydroxylation is 1. The summed E-state index contributed by atoms with van der Waals surface area (Å²) in [7, 11) is 0. The Morgan fingerprint density at radius 3 is 1.88 bits per heavy atom. The molecule has 1 aromatic heterocycles. The number of pyridine rings is 1. The lowest BCUT2D eigenvalue weighted by Crippen LogP contribution is -1.90. The third kappa shape index (κ3) is 3.48. The molecule has 0 unspecified atom stereocenters. The van der Waals surface area contributed by atoms with Crippen molar-refractivity contribution in [2.75, 3.05) is 0 Å². The fourth-order valence-corrected chi connectivity index (χ4v) is 4.72. The lowest BCUT2D eigenvalue weighted by molar-refractivity contribution is 1.27. The number of hydrogen-bond donors (Lipinski definition) is 0. The minimum absolute atomic E-state index is 0.995. The molecule has 156 valence electrons. The molecule has 0 fully saturated rings. The van der Waals surface area contributed by atoms with Crippen molar-refractivity contribution in [1.82, 2.24) is 4.98 Å². The second-order valence-electron chi connectivity index (χ2n) is 8.52. The van der Waals surface area contributed by atoms with Crippen LogP contribution in [0.2, 0.25) is 0 Å². The van der Waals surface area contributed by atoms with Crippen LogP contribution < -0.4 is 0 Å². The van der Waals surface area contributed by atoms with E-state index in [1.807, 2.05) is 6.20 Å². The van der Waals surface area contributed by atoms with E-state index >= 15 is 0 Å². The number of aromatic nitrogens is 1. The molecular weight excluding hydrogens is 398 g/mol. The SMILES string of the molecule is Cc1cnc(-c2ccc(-c3cc4ccccc4c4ccccc34)cc2)cc1-c1ccccc1. The topological polar surface area (TPSA) is 12.9 Å². The van der Waals surface area contributed by atoms with E-state index in [0.29, 0.717) is 0 Å². The molecule has 1 nitrogen and oxygen atoms in total. The minimum atomic E-state index is 0.995. The monoisotopic (exact) mass is 421 g/mol. The third-order valence-electron chi connectivity index (χ3n) is 6.45. The number of hydrogen-bond acceptors (Lipinski definition) is 1. The van der Waals surface area contributed by atoms with Crippen LogP contribution in [0.3, 0.4) is 0 Å². The smallest absolute Gasteiger partial charge is 0.0708 e. The molecule has 0 aliphatic carbocycles. The second-order valence-corrected chi connectivity index (χ2v) is 8.52. The third-order valence-corrected chi connectivity index (χ3v) is 6.45. The van der Waals surface area contributed by atoms with Gasteiger partial charge in [0.25, 0.3) is 0 Å². The van der Waals surface area contributed by atoms with Gasteiger partial charge in [0.1, 0.15) is 0 Å². The fraction of sp³-hybridized carbons (Fsp3) is 0.0312. The molecule has 0 saturated heterocycles. The van der Waals surface area contributed by atoms with E-state index < -0.39 is 0 Å². The zero-order valence-electron chi connectivity index (χ0n) is 18.5. The molecule has 0 saturated carbocycles. The molecule has 6 aromatic rings. The Bertz CT molecular complexity index is 1600. The van der Waals surface area contributed by atoms with E-state index in [1.54, 1.807) is 0 Å². The van der Waals surface area contributed by atoms with Crippen molar-refractivity contribution >= 4 is 21.5 Å². The van der Waals surface area contributed by atoms with Crippen molar-refractivity contribution in [3.8, 4) is 33.5 Å². The maximum absolute atomic E-state index is 4.73. The predicted molar refractivity (Wildman–Crippen MR) is 140 cm³/mol. The normalized spacial score (nSPS) is 11.2. The van der Waals surface area contributed by atoms with Gasteiger partial charge < -0.3 is 0 Å². The first-order valence-electron chi connectivity index (χ1n) is 11.3. The Labute approximate surface area is 194 Å². The number of fused-ring (bicyclic) bond motifs is 3. The lowest BCUT2D eigenvalue weighted by Gasteiger charge is -2.12. The van der Waals surface area contributed by atoms with Crippen LogP contribution in [0.25, 0.3) is 55.1 Å². The molecule has 0 bridgehead atoms. The molecule has 1 heteroatoms. The van der Waals surface area contributed by atoms with Gasteiger partial charge in [-0.2, -0.15) is 0 Å². The van der Waals surface area contributed by atoms with Gasteiger partial charge >= 0.3 is 0 Å². The van der Waals surface area contributed by atoms with Crippen LogP contribution in [0.5, 0.6) is 0 Å². The molecule has 0 atom stereocenters. The Morgan fingerprint density at radius 2 is 1.09 bits per heavy atom. The zero-order valence-corrected chi connectivity index (χ0v) is 18.5. The summed E-state index contributed by atoms with van der Waals surface area (Å²) in [6, 6.07) is 41.1. The van der Waals surface area contributed by atoms with Crippen molar-refractivity contribution in [3.63, 3.8) is 0 Å². The molecule has 33 heavy (non-hydrogen) atoms. The molecule has 0 spiro atoms. The Kier molecular flexibility index (Phi) is 4.74. The molecule has 5 aromatic carbocycles. The van der Waals surface area contributed by atoms with E-state index in [0.717, 1.165) is 11.3 Å². The molecule has 0 aliphatic rings. The summed E-state index contributed by atoms with van der Waals surface area (Å²) in [6.07, 6.45) is 1.97. The first-order valence-corrected chi connectivity index (χ1v) is 11.3. The second kappa shape index (κ2) is 8.03. The first kappa shape index (κ1) is 19.5. The van der Waals surface area contributed by atoms with Crippen LogP contribution in [-0.2, 0) is 0 Å². The maximum atomic E-state index is 4.73. The van der Waals surface area contributed by atoms with Gasteiger partial charge in [0.05, 0.1) is 5.69 Å². The summed E-state index contributed by atoms with van der Waals surface area (Å²) < 4.78 is 0. The summed E-state index contributed by atoms with van der Waals surface area (Å²) in [5, 5.41) is 5.14. The summed E-state index contributed by atoms with van der Waals surface area (Å²) in [6.45, 7) is 2.12. The molecule has 0 N–H and O–H groups in total. The van der Waals surface area contributed by atoms with Gasteiger partial charge in [-0.05, 0) is 68.4 Å². The average Bonchev–Trinajstić information content (AvgIpc) is 2.89. The molecular formula is C32H23N. The molecule has 6 rings (SSSR count). The number of nitrogens with zero attached hydrogens (tertiary/aromatic N) is 1. The Balaban J connectivity index is 1.44. The van der Waals surface area contributed by atoms with Crippen LogP contribution >= 0.6 is 0 Å². The lowest BCUT2D eigenvalue weighted by atomic mass is 9.92. The first-order chi connectivity index (χ1) is 16.3. The van der Waals surface area contributed by atoms with E-state index in [9.17, 15) is 0 Å². The fourth-order valence-electron chi connectivity index (χ4n) is 4.72. The molecule has 0 amide bonds. The van der Waals surface area contributed by atoms with Gasteiger partial charge in [-0.25, -0.2) is 0 Å². The van der Waals surface area contributed by atoms with E-state index in [-0.39, 0.29) is 0 Å². The van der Waals surface area contributed by atoms with Gasteiger partial charge in [0.15, 0.2) is 0 Å². The summed E-state index contributed by atoms with van der Waals surface area (Å²) in [5.74, 6) is 0. The van der Waals surface area contributed by atoms with Crippen LogP contribution in [0.4, 0.5) is 0 Å². The van der Waals surface area contributed by atoms with Crippen LogP contribution in [0, 0.1) is 6.92 Å². The zero-order chi connectivity index (χ0) is 22.2. The van der Waals surface area contributed by atoms with Crippen LogP contribution in [0.1, 0.15) is 5.56 Å². The predicted octanol–water partition coefficient (Wildman–Crippen LogP) is 8.70. The van der Waals surface area contributed by atoms with E-state index in [2.05, 4.69) is 122 Å². The summed E-state index contributed by atoms with van der Waals surface area (Å²) >= 11 is 0. The average molecular weight is 422 g/mol. The van der Waals surface area contributed by atoms with E-state index in [1.165, 1.54) is 49.4 Å². The minimum Gasteiger partial charge on any atom is -0.256 e. The van der Waals surface area contributed by atoms with Gasteiger partial charge in [-0.3, -0.25) is 4.98 Å². The van der Waals surface area contributed by atoms with Crippen LogP contribution in [0.15, 0.2) is 121 Å². The maximum Gasteiger partial charge on any atom is 0.0708 e. The van der Waals surface area contributed by atoms with Crippen LogP contribution in [-0.4, -0.2) is 4.98 Å². The largest absolute Gasteiger partial charge is 0.256 e. The highest BCUT2D eigenvalue weighted by atomic mass is 14.7. The van der Waals surface area contributed by atoms with Gasteiger partial charge in [0.2, 0.25) is 0 Å². The highest BCUT2D eigenvalue weighted by Gasteiger charge is 2.10. The van der Waals surface area contributed by atoms with Crippen molar-refractivity contribution < 1.29 is 0 Å². The Hall–Kier alpha value is -4.23. The summed E-state index contributed by atoms with van der Waals surface area (Å²) in [4.78, 5) is 4.73. The van der Waals surface area contributed by atoms with Crippen molar-refractivity contribution in [2.24, 2.45) is 0 Å². The number of rotatable bonds is 3. The number of benzene rings is 5. The highest BCUT2D eigenvalue weighted by molar-refractivity contribution is 6.13. The molecule has 0 radical (unpaired) electrons. The van der Waals surface area contributed by atoms with Gasteiger partial charge in [-0.15, -0.1) is 0 Å². The quantitative estimate of drug-likeness (QED) is 0.260. The molecule has 1 heterocycles. The Morgan fingerprint density at radius 1 is 0.485 bits per heavy atom. The summed E-state index contributed by atoms with van der Waals surface area (Å²) in [5.41, 5.74) is 8.23. The van der Waals surface area contributed by atoms with Gasteiger partial charge in [-0.1, -0.05) is 103 Å². The van der Waals surface area contributed by atoms with E-state index in [4.69, 9.17) is 4.98 Å².